The fraction of sp³-hybridized carbons (Fsp3) is 0.967. The van der Waals surface area contributed by atoms with Crippen molar-refractivity contribution in [3.63, 3.8) is 0 Å². The molecule has 0 aromatic rings. The maximum absolute atomic E-state index is 11.3. The predicted molar refractivity (Wildman–Crippen MR) is 168 cm³/mol. The summed E-state index contributed by atoms with van der Waals surface area (Å²) >= 11 is 0. The molecule has 0 saturated heterocycles. The first-order chi connectivity index (χ1) is 18.1. The lowest BCUT2D eigenvalue weighted by atomic mass is 9.89. The zero-order chi connectivity index (χ0) is 31.8. The van der Waals surface area contributed by atoms with Crippen LogP contribution in [0.3, 0.4) is 0 Å². The van der Waals surface area contributed by atoms with Gasteiger partial charge in [0.15, 0.2) is 22.7 Å². The maximum Gasteiger partial charge on any atom is 0.335 e. The SMILES string of the molecule is CO[C@@H](C[C@@H](C)CO[Si](C(C)C)(C(C)C)C(C)C)[C@@H](O[Si](C)(C)C(C)(C)C)[C@H](C[C@@H](C)[C@@H](O)[C@H](O)C(=O)O)OC. The molecule has 3 N–H and O–H groups in total. The van der Waals surface area contributed by atoms with E-state index in [1.165, 1.54) is 0 Å². The largest absolute Gasteiger partial charge is 0.479 e. The fourth-order valence-corrected chi connectivity index (χ4v) is 12.8. The van der Waals surface area contributed by atoms with Gasteiger partial charge in [0, 0.05) is 20.8 Å². The zero-order valence-corrected chi connectivity index (χ0v) is 30.3. The first-order valence-corrected chi connectivity index (χ1v) is 20.1. The highest BCUT2D eigenvalue weighted by Crippen LogP contribution is 2.43. The lowest BCUT2D eigenvalue weighted by Crippen LogP contribution is -2.53. The van der Waals surface area contributed by atoms with Crippen molar-refractivity contribution >= 4 is 22.6 Å². The highest BCUT2D eigenvalue weighted by Gasteiger charge is 2.47. The van der Waals surface area contributed by atoms with Crippen LogP contribution in [-0.4, -0.2) is 89.3 Å². The van der Waals surface area contributed by atoms with Crippen molar-refractivity contribution in [2.24, 2.45) is 11.8 Å². The quantitative estimate of drug-likeness (QED) is 0.143. The third kappa shape index (κ3) is 10.4. The summed E-state index contributed by atoms with van der Waals surface area (Å²) < 4.78 is 25.9. The number of hydrogen-bond donors (Lipinski definition) is 3. The lowest BCUT2D eigenvalue weighted by Gasteiger charge is -2.45. The fourth-order valence-electron chi connectivity index (χ4n) is 5.85. The monoisotopic (exact) mass is 608 g/mol. The molecule has 0 fully saturated rings. The smallest absolute Gasteiger partial charge is 0.335 e. The summed E-state index contributed by atoms with van der Waals surface area (Å²) in [6, 6.07) is 0. The average molecular weight is 609 g/mol. The first kappa shape index (κ1) is 39.7. The molecule has 0 spiro atoms. The number of carboxylic acids is 1. The molecule has 0 saturated carbocycles. The summed E-state index contributed by atoms with van der Waals surface area (Å²) in [5.41, 5.74) is 1.50. The van der Waals surface area contributed by atoms with Gasteiger partial charge in [0.1, 0.15) is 0 Å². The van der Waals surface area contributed by atoms with Gasteiger partial charge in [0.2, 0.25) is 0 Å². The summed E-state index contributed by atoms with van der Waals surface area (Å²) in [4.78, 5) is 11.3. The molecular weight excluding hydrogens is 544 g/mol. The topological polar surface area (TPSA) is 115 Å². The lowest BCUT2D eigenvalue weighted by molar-refractivity contribution is -0.156. The van der Waals surface area contributed by atoms with Crippen molar-refractivity contribution in [1.29, 1.82) is 0 Å². The zero-order valence-electron chi connectivity index (χ0n) is 28.3. The molecule has 0 aliphatic heterocycles. The Morgan fingerprint density at radius 1 is 0.800 bits per heavy atom. The van der Waals surface area contributed by atoms with Gasteiger partial charge in [-0.25, -0.2) is 4.79 Å². The number of aliphatic hydroxyl groups is 2. The molecular formula is C30H64O8Si2. The minimum atomic E-state index is -2.28. The third-order valence-electron chi connectivity index (χ3n) is 9.30. The van der Waals surface area contributed by atoms with Gasteiger partial charge >= 0.3 is 5.97 Å². The van der Waals surface area contributed by atoms with Crippen molar-refractivity contribution in [3.05, 3.63) is 0 Å². The molecule has 40 heavy (non-hydrogen) atoms. The number of methoxy groups -OCH3 is 2. The van der Waals surface area contributed by atoms with Crippen molar-refractivity contribution in [3.8, 4) is 0 Å². The van der Waals surface area contributed by atoms with Gasteiger partial charge in [0.25, 0.3) is 0 Å². The molecule has 0 radical (unpaired) electrons. The van der Waals surface area contributed by atoms with Gasteiger partial charge in [-0.3, -0.25) is 0 Å². The van der Waals surface area contributed by atoms with Crippen molar-refractivity contribution in [2.45, 2.75) is 154 Å². The Bertz CT molecular complexity index is 716. The molecule has 0 amide bonds. The molecule has 240 valence electrons. The van der Waals surface area contributed by atoms with Crippen LogP contribution >= 0.6 is 0 Å². The van der Waals surface area contributed by atoms with Gasteiger partial charge in [-0.1, -0.05) is 76.2 Å². The van der Waals surface area contributed by atoms with Crippen LogP contribution < -0.4 is 0 Å². The summed E-state index contributed by atoms with van der Waals surface area (Å²) in [5, 5.41) is 29.6. The van der Waals surface area contributed by atoms with Gasteiger partial charge in [0.05, 0.1) is 24.4 Å². The van der Waals surface area contributed by atoms with E-state index < -0.39 is 52.9 Å². The second-order valence-corrected chi connectivity index (χ2v) is 24.6. The first-order valence-electron chi connectivity index (χ1n) is 15.1. The molecule has 0 bridgehead atoms. The van der Waals surface area contributed by atoms with Crippen LogP contribution in [0.5, 0.6) is 0 Å². The Labute approximate surface area is 247 Å². The second-order valence-electron chi connectivity index (χ2n) is 14.3. The maximum atomic E-state index is 11.3. The third-order valence-corrected chi connectivity index (χ3v) is 19.9. The van der Waals surface area contributed by atoms with E-state index in [4.69, 9.17) is 18.3 Å². The van der Waals surface area contributed by atoms with E-state index in [0.29, 0.717) is 36.1 Å². The molecule has 0 aromatic heterocycles. The summed E-state index contributed by atoms with van der Waals surface area (Å²) in [7, 11) is -1.000. The molecule has 10 heteroatoms. The predicted octanol–water partition coefficient (Wildman–Crippen LogP) is 6.46. The molecule has 0 heterocycles. The molecule has 0 aliphatic carbocycles. The normalized spacial score (nSPS) is 19.0. The van der Waals surface area contributed by atoms with E-state index in [1.54, 1.807) is 21.1 Å². The van der Waals surface area contributed by atoms with Gasteiger partial charge in [-0.15, -0.1) is 0 Å². The molecule has 0 aliphatic rings. The van der Waals surface area contributed by atoms with Crippen LogP contribution in [0.25, 0.3) is 0 Å². The molecule has 0 aromatic carbocycles. The minimum absolute atomic E-state index is 0.0574. The van der Waals surface area contributed by atoms with E-state index in [2.05, 4.69) is 82.3 Å². The highest BCUT2D eigenvalue weighted by molar-refractivity contribution is 6.77. The van der Waals surface area contributed by atoms with E-state index in [9.17, 15) is 20.1 Å². The Kier molecular flexibility index (Phi) is 16.4. The summed E-state index contributed by atoms with van der Waals surface area (Å²) in [6.45, 7) is 29.2. The Morgan fingerprint density at radius 3 is 1.57 bits per heavy atom. The van der Waals surface area contributed by atoms with Crippen LogP contribution in [0.15, 0.2) is 0 Å². The Balaban J connectivity index is 6.15. The second kappa shape index (κ2) is 16.5. The molecule has 0 unspecified atom stereocenters. The molecule has 8 nitrogen and oxygen atoms in total. The van der Waals surface area contributed by atoms with E-state index >= 15 is 0 Å². The minimum Gasteiger partial charge on any atom is -0.479 e. The van der Waals surface area contributed by atoms with Gasteiger partial charge in [-0.2, -0.15) is 0 Å². The van der Waals surface area contributed by atoms with Crippen molar-refractivity contribution in [1.82, 2.24) is 0 Å². The summed E-state index contributed by atoms with van der Waals surface area (Å²) in [6.07, 6.45) is -3.53. The molecule has 7 atom stereocenters. The van der Waals surface area contributed by atoms with Crippen LogP contribution in [0.4, 0.5) is 0 Å². The van der Waals surface area contributed by atoms with Crippen LogP contribution in [0, 0.1) is 11.8 Å². The Hall–Kier alpha value is -0.336. The number of ether oxygens (including phenoxy) is 2. The number of carbonyl (C=O) groups is 1. The van der Waals surface area contributed by atoms with E-state index in [0.717, 1.165) is 0 Å². The van der Waals surface area contributed by atoms with E-state index in [-0.39, 0.29) is 17.1 Å². The number of hydrogen-bond acceptors (Lipinski definition) is 7. The van der Waals surface area contributed by atoms with Crippen LogP contribution in [0.2, 0.25) is 34.8 Å². The highest BCUT2D eigenvalue weighted by atomic mass is 28.4. The van der Waals surface area contributed by atoms with Gasteiger partial charge in [-0.05, 0) is 59.4 Å². The number of rotatable bonds is 19. The van der Waals surface area contributed by atoms with Crippen molar-refractivity contribution < 1.29 is 38.4 Å². The number of carboxylic acid groups (broad SMARTS) is 1. The standard InChI is InChI=1S/C30H64O8Si2/c1-19(2)40(20(3)4,21(5)6)37-18-22(7)16-24(35-12)28(38-39(14,15)30(9,10)11)25(36-13)17-23(8)26(31)27(32)29(33)34/h19-28,31-32H,16-18H2,1-15H3,(H,33,34)/t22-,23-,24+,25+,26-,27+,28-/m1/s1. The number of aliphatic hydroxyl groups excluding tert-OH is 2. The number of aliphatic carboxylic acids is 1. The average Bonchev–Trinajstić information content (AvgIpc) is 2.82. The van der Waals surface area contributed by atoms with Crippen molar-refractivity contribution in [2.75, 3.05) is 20.8 Å². The van der Waals surface area contributed by atoms with E-state index in [1.807, 2.05) is 0 Å². The summed E-state index contributed by atoms with van der Waals surface area (Å²) in [5.74, 6) is -1.79. The molecule has 0 rings (SSSR count). The Morgan fingerprint density at radius 2 is 1.23 bits per heavy atom. The van der Waals surface area contributed by atoms with Crippen LogP contribution in [-0.2, 0) is 23.1 Å². The van der Waals surface area contributed by atoms with Crippen LogP contribution in [0.1, 0.15) is 89.0 Å². The van der Waals surface area contributed by atoms with Gasteiger partial charge < -0.3 is 33.6 Å².